The van der Waals surface area contributed by atoms with Crippen molar-refractivity contribution < 1.29 is 4.79 Å². The molecule has 2 fully saturated rings. The second kappa shape index (κ2) is 6.98. The minimum Gasteiger partial charge on any atom is -0.382 e. The lowest BCUT2D eigenvalue weighted by atomic mass is 9.83. The first-order chi connectivity index (χ1) is 13.0. The quantitative estimate of drug-likeness (QED) is 0.840. The van der Waals surface area contributed by atoms with Crippen LogP contribution in [0.1, 0.15) is 23.3 Å². The highest BCUT2D eigenvalue weighted by Crippen LogP contribution is 2.33. The molecule has 0 radical (unpaired) electrons. The highest BCUT2D eigenvalue weighted by molar-refractivity contribution is 6.01. The molecule has 0 aliphatic carbocycles. The van der Waals surface area contributed by atoms with Crippen LogP contribution in [0.15, 0.2) is 30.3 Å². The third kappa shape index (κ3) is 3.21. The molecule has 2 aliphatic rings. The molecule has 1 amide bonds. The minimum absolute atomic E-state index is 0.00976. The summed E-state index contributed by atoms with van der Waals surface area (Å²) in [6.07, 6.45) is 2.17. The van der Waals surface area contributed by atoms with Gasteiger partial charge in [-0.15, -0.1) is 0 Å². The lowest BCUT2D eigenvalue weighted by Crippen LogP contribution is -2.65. The van der Waals surface area contributed by atoms with Gasteiger partial charge in [0.15, 0.2) is 5.82 Å². The van der Waals surface area contributed by atoms with E-state index in [1.807, 2.05) is 35.2 Å². The van der Waals surface area contributed by atoms with Crippen LogP contribution in [-0.2, 0) is 0 Å². The first-order valence-corrected chi connectivity index (χ1v) is 9.58. The minimum atomic E-state index is -0.00976. The van der Waals surface area contributed by atoms with Gasteiger partial charge in [0, 0.05) is 25.2 Å². The van der Waals surface area contributed by atoms with Gasteiger partial charge >= 0.3 is 0 Å². The summed E-state index contributed by atoms with van der Waals surface area (Å²) < 4.78 is 0. The number of carbonyl (C=O) groups is 1. The summed E-state index contributed by atoms with van der Waals surface area (Å²) in [7, 11) is 4.36. The highest BCUT2D eigenvalue weighted by Gasteiger charge is 2.43. The monoisotopic (exact) mass is 368 g/mol. The molecule has 0 unspecified atom stereocenters. The number of likely N-dealkylation sites (N-methyl/N-ethyl adjacent to an activating group) is 1. The fourth-order valence-corrected chi connectivity index (χ4v) is 4.38. The van der Waals surface area contributed by atoms with Crippen molar-refractivity contribution in [1.29, 1.82) is 0 Å². The van der Waals surface area contributed by atoms with Crippen LogP contribution in [0.3, 0.4) is 0 Å². The molecule has 7 nitrogen and oxygen atoms in total. The van der Waals surface area contributed by atoms with Crippen LogP contribution < -0.4 is 5.73 Å². The largest absolute Gasteiger partial charge is 0.382 e. The number of nitrogens with zero attached hydrogens (tertiary/aromatic N) is 4. The van der Waals surface area contributed by atoms with E-state index < -0.39 is 0 Å². The number of benzene rings is 1. The van der Waals surface area contributed by atoms with E-state index in [-0.39, 0.29) is 11.4 Å². The van der Waals surface area contributed by atoms with E-state index in [4.69, 9.17) is 5.73 Å². The van der Waals surface area contributed by atoms with Crippen LogP contribution >= 0.6 is 0 Å². The predicted octanol–water partition coefficient (Wildman–Crippen LogP) is 1.51. The summed E-state index contributed by atoms with van der Waals surface area (Å²) in [5, 5.41) is 7.02. The number of aromatic nitrogens is 2. The third-order valence-electron chi connectivity index (χ3n) is 6.28. The molecule has 144 valence electrons. The molecule has 2 aliphatic heterocycles. The number of hydrogen-bond acceptors (Lipinski definition) is 5. The molecule has 3 N–H and O–H groups in total. The number of likely N-dealkylation sites (tertiary alicyclic amines) is 1. The van der Waals surface area contributed by atoms with Crippen LogP contribution in [0, 0.1) is 0 Å². The Bertz CT molecular complexity index is 809. The van der Waals surface area contributed by atoms with Crippen molar-refractivity contribution in [3.05, 3.63) is 36.0 Å². The summed E-state index contributed by atoms with van der Waals surface area (Å²) in [5.74, 6) is 0.358. The summed E-state index contributed by atoms with van der Waals surface area (Å²) in [5.41, 5.74) is 8.27. The molecule has 1 aromatic carbocycles. The van der Waals surface area contributed by atoms with Crippen LogP contribution in [-0.4, -0.2) is 83.2 Å². The number of nitrogens with one attached hydrogen (secondary N) is 1. The number of amides is 1. The molecule has 2 aromatic rings. The van der Waals surface area contributed by atoms with Crippen molar-refractivity contribution in [2.45, 2.75) is 18.4 Å². The summed E-state index contributed by atoms with van der Waals surface area (Å²) in [6.45, 7) is 4.50. The molecule has 0 saturated carbocycles. The predicted molar refractivity (Wildman–Crippen MR) is 106 cm³/mol. The third-order valence-corrected chi connectivity index (χ3v) is 6.28. The number of hydrogen-bond donors (Lipinski definition) is 2. The van der Waals surface area contributed by atoms with Gasteiger partial charge in [0.25, 0.3) is 5.91 Å². The maximum atomic E-state index is 13.4. The van der Waals surface area contributed by atoms with Crippen LogP contribution in [0.2, 0.25) is 0 Å². The van der Waals surface area contributed by atoms with Gasteiger partial charge in [-0.05, 0) is 45.6 Å². The molecule has 3 heterocycles. The van der Waals surface area contributed by atoms with Crippen molar-refractivity contribution in [2.75, 3.05) is 52.6 Å². The number of H-pyrrole nitrogens is 1. The Morgan fingerprint density at radius 2 is 1.81 bits per heavy atom. The zero-order valence-electron chi connectivity index (χ0n) is 16.1. The maximum Gasteiger partial charge on any atom is 0.272 e. The van der Waals surface area contributed by atoms with Crippen molar-refractivity contribution >= 4 is 11.7 Å². The first kappa shape index (κ1) is 18.0. The fourth-order valence-electron chi connectivity index (χ4n) is 4.38. The Kier molecular flexibility index (Phi) is 4.65. The Hall–Kier alpha value is -2.38. The molecule has 4 rings (SSSR count). The van der Waals surface area contributed by atoms with E-state index >= 15 is 0 Å². The smallest absolute Gasteiger partial charge is 0.272 e. The molecule has 1 aromatic heterocycles. The van der Waals surface area contributed by atoms with Gasteiger partial charge in [0.1, 0.15) is 5.69 Å². The number of nitrogens with two attached hydrogens (primary N) is 1. The van der Waals surface area contributed by atoms with E-state index in [0.29, 0.717) is 17.1 Å². The highest BCUT2D eigenvalue weighted by atomic mass is 16.2. The van der Waals surface area contributed by atoms with Crippen LogP contribution in [0.4, 0.5) is 5.82 Å². The van der Waals surface area contributed by atoms with Gasteiger partial charge in [0.2, 0.25) is 0 Å². The van der Waals surface area contributed by atoms with Crippen LogP contribution in [0.25, 0.3) is 11.1 Å². The SMILES string of the molecule is CN1CCC2(CC1)CN(C(=O)c1[nH]nc(N)c1-c1ccccc1)CCN2C. The molecule has 7 heteroatoms. The number of piperidine rings is 1. The first-order valence-electron chi connectivity index (χ1n) is 9.58. The average molecular weight is 368 g/mol. The second-order valence-corrected chi connectivity index (χ2v) is 7.90. The van der Waals surface area contributed by atoms with E-state index in [1.54, 1.807) is 0 Å². The molecular weight excluding hydrogens is 340 g/mol. The summed E-state index contributed by atoms with van der Waals surface area (Å²) >= 11 is 0. The number of carbonyl (C=O) groups excluding carboxylic acids is 1. The van der Waals surface area contributed by atoms with Crippen molar-refractivity contribution in [3.63, 3.8) is 0 Å². The Morgan fingerprint density at radius 3 is 2.52 bits per heavy atom. The zero-order chi connectivity index (χ0) is 19.0. The molecular formula is C20H28N6O. The molecule has 0 atom stereocenters. The van der Waals surface area contributed by atoms with E-state index in [1.165, 1.54) is 0 Å². The molecule has 2 saturated heterocycles. The summed E-state index contributed by atoms with van der Waals surface area (Å²) in [6, 6.07) is 9.76. The van der Waals surface area contributed by atoms with Gasteiger partial charge in [0.05, 0.1) is 5.56 Å². The maximum absolute atomic E-state index is 13.4. The molecule has 1 spiro atoms. The zero-order valence-corrected chi connectivity index (χ0v) is 16.1. The standard InChI is InChI=1S/C20H28N6O/c1-24-10-8-20(9-11-24)14-26(13-12-25(20)2)19(27)17-16(18(21)23-22-17)15-6-4-3-5-7-15/h3-7H,8-14H2,1-2H3,(H3,21,22,23). The number of rotatable bonds is 2. The molecule has 27 heavy (non-hydrogen) atoms. The average Bonchev–Trinajstić information content (AvgIpc) is 3.08. The topological polar surface area (TPSA) is 81.5 Å². The van der Waals surface area contributed by atoms with Gasteiger partial charge in [-0.3, -0.25) is 14.8 Å². The Morgan fingerprint density at radius 1 is 1.11 bits per heavy atom. The lowest BCUT2D eigenvalue weighted by Gasteiger charge is -2.52. The Labute approximate surface area is 160 Å². The van der Waals surface area contributed by atoms with E-state index in [2.05, 4.69) is 34.1 Å². The normalized spacial score (nSPS) is 20.9. The Balaban J connectivity index is 1.61. The number of aromatic amines is 1. The fraction of sp³-hybridized carbons (Fsp3) is 0.500. The van der Waals surface area contributed by atoms with Gasteiger partial charge < -0.3 is 15.5 Å². The second-order valence-electron chi connectivity index (χ2n) is 7.90. The van der Waals surface area contributed by atoms with Gasteiger partial charge in [-0.2, -0.15) is 5.10 Å². The number of anilines is 1. The van der Waals surface area contributed by atoms with Crippen molar-refractivity contribution in [2.24, 2.45) is 0 Å². The number of piperazine rings is 1. The van der Waals surface area contributed by atoms with Crippen molar-refractivity contribution in [1.82, 2.24) is 24.9 Å². The van der Waals surface area contributed by atoms with Crippen molar-refractivity contribution in [3.8, 4) is 11.1 Å². The van der Waals surface area contributed by atoms with Gasteiger partial charge in [-0.25, -0.2) is 0 Å². The van der Waals surface area contributed by atoms with Crippen LogP contribution in [0.5, 0.6) is 0 Å². The summed E-state index contributed by atoms with van der Waals surface area (Å²) in [4.78, 5) is 20.2. The lowest BCUT2D eigenvalue weighted by molar-refractivity contribution is -0.0172. The molecule has 0 bridgehead atoms. The van der Waals surface area contributed by atoms with Gasteiger partial charge in [-0.1, -0.05) is 30.3 Å². The van der Waals surface area contributed by atoms with E-state index in [0.717, 1.165) is 51.1 Å². The van der Waals surface area contributed by atoms with E-state index in [9.17, 15) is 4.79 Å². The number of nitrogen functional groups attached to an aromatic ring is 1.